The number of nitrogens with zero attached hydrogens (tertiary/aromatic N) is 2. The summed E-state index contributed by atoms with van der Waals surface area (Å²) in [5.74, 6) is 2.20. The molecule has 144 valence electrons. The van der Waals surface area contributed by atoms with Gasteiger partial charge in [0.15, 0.2) is 0 Å². The van der Waals surface area contributed by atoms with Gasteiger partial charge in [0.25, 0.3) is 0 Å². The summed E-state index contributed by atoms with van der Waals surface area (Å²) in [5.41, 5.74) is 1.19. The number of rotatable bonds is 6. The molecule has 26 heavy (non-hydrogen) atoms. The average Bonchev–Trinajstić information content (AvgIpc) is 3.29. The lowest BCUT2D eigenvalue weighted by molar-refractivity contribution is -0.000861. The van der Waals surface area contributed by atoms with Crippen LogP contribution in [0.15, 0.2) is 24.3 Å². The van der Waals surface area contributed by atoms with E-state index in [2.05, 4.69) is 21.9 Å². The molecule has 0 bridgehead atoms. The highest BCUT2D eigenvalue weighted by Gasteiger charge is 2.43. The third-order valence-corrected chi connectivity index (χ3v) is 6.51. The topological polar surface area (TPSA) is 56.2 Å². The van der Waals surface area contributed by atoms with Gasteiger partial charge in [0.05, 0.1) is 12.7 Å². The first-order valence-corrected chi connectivity index (χ1v) is 10.2. The van der Waals surface area contributed by atoms with Gasteiger partial charge >= 0.3 is 0 Å². The lowest BCUT2D eigenvalue weighted by Gasteiger charge is -2.40. The predicted octanol–water partition coefficient (Wildman–Crippen LogP) is 1.72. The van der Waals surface area contributed by atoms with Crippen LogP contribution in [0.1, 0.15) is 31.2 Å². The zero-order valence-corrected chi connectivity index (χ0v) is 15.6. The quantitative estimate of drug-likeness (QED) is 0.809. The number of para-hydroxylation sites is 1. The van der Waals surface area contributed by atoms with Crippen LogP contribution in [-0.2, 0) is 6.54 Å². The second kappa shape index (κ2) is 8.26. The van der Waals surface area contributed by atoms with Crippen molar-refractivity contribution < 1.29 is 14.9 Å². The molecule has 0 aromatic heterocycles. The molecule has 1 aliphatic carbocycles. The van der Waals surface area contributed by atoms with E-state index < -0.39 is 0 Å². The Morgan fingerprint density at radius 3 is 2.54 bits per heavy atom. The minimum Gasteiger partial charge on any atom is -0.491 e. The maximum atomic E-state index is 10.7. The maximum Gasteiger partial charge on any atom is 0.123 e. The molecule has 5 heteroatoms. The number of ether oxygens (including phenoxy) is 1. The van der Waals surface area contributed by atoms with Crippen molar-refractivity contribution in [1.82, 2.24) is 9.80 Å². The van der Waals surface area contributed by atoms with Crippen molar-refractivity contribution in [2.24, 2.45) is 11.8 Å². The molecular formula is C21H32N2O3. The smallest absolute Gasteiger partial charge is 0.123 e. The Labute approximate surface area is 156 Å². The van der Waals surface area contributed by atoms with Crippen molar-refractivity contribution in [1.29, 1.82) is 0 Å². The Kier molecular flexibility index (Phi) is 5.79. The van der Waals surface area contributed by atoms with E-state index in [1.165, 1.54) is 31.5 Å². The Morgan fingerprint density at radius 2 is 1.77 bits per heavy atom. The monoisotopic (exact) mass is 360 g/mol. The maximum absolute atomic E-state index is 10.7. The van der Waals surface area contributed by atoms with E-state index in [1.54, 1.807) is 0 Å². The Balaban J connectivity index is 1.38. The summed E-state index contributed by atoms with van der Waals surface area (Å²) >= 11 is 0. The van der Waals surface area contributed by atoms with E-state index in [1.807, 2.05) is 12.1 Å². The molecule has 1 aromatic rings. The summed E-state index contributed by atoms with van der Waals surface area (Å²) in [6.45, 7) is 5.79. The van der Waals surface area contributed by atoms with Crippen LogP contribution in [0.4, 0.5) is 0 Å². The first kappa shape index (κ1) is 18.2. The fraction of sp³-hybridized carbons (Fsp3) is 0.714. The summed E-state index contributed by atoms with van der Waals surface area (Å²) < 4.78 is 5.69. The van der Waals surface area contributed by atoms with Crippen molar-refractivity contribution in [2.75, 3.05) is 39.4 Å². The van der Waals surface area contributed by atoms with E-state index in [4.69, 9.17) is 9.84 Å². The second-order valence-electron chi connectivity index (χ2n) is 8.24. The number of hydrogen-bond donors (Lipinski definition) is 2. The molecule has 0 spiro atoms. The van der Waals surface area contributed by atoms with E-state index in [0.29, 0.717) is 24.5 Å². The van der Waals surface area contributed by atoms with Crippen LogP contribution in [0.3, 0.4) is 0 Å². The molecule has 0 amide bonds. The normalized spacial score (nSPS) is 32.7. The van der Waals surface area contributed by atoms with Crippen LogP contribution >= 0.6 is 0 Å². The Morgan fingerprint density at radius 1 is 1.04 bits per heavy atom. The van der Waals surface area contributed by atoms with E-state index in [0.717, 1.165) is 38.2 Å². The third kappa shape index (κ3) is 3.91. The number of likely N-dealkylation sites (tertiary alicyclic amines) is 2. The van der Waals surface area contributed by atoms with Crippen LogP contribution in [-0.4, -0.2) is 71.6 Å². The molecule has 2 heterocycles. The number of aliphatic hydroxyl groups excluding tert-OH is 2. The lowest BCUT2D eigenvalue weighted by atomic mass is 9.77. The van der Waals surface area contributed by atoms with Crippen molar-refractivity contribution >= 4 is 0 Å². The fourth-order valence-electron chi connectivity index (χ4n) is 5.27. The van der Waals surface area contributed by atoms with Gasteiger partial charge in [0, 0.05) is 31.2 Å². The Hall–Kier alpha value is -1.14. The minimum absolute atomic E-state index is 0.0397. The van der Waals surface area contributed by atoms with Gasteiger partial charge in [-0.3, -0.25) is 9.80 Å². The van der Waals surface area contributed by atoms with Crippen molar-refractivity contribution in [3.8, 4) is 5.75 Å². The molecule has 4 rings (SSSR count). The molecule has 3 aliphatic rings. The van der Waals surface area contributed by atoms with Gasteiger partial charge in [-0.2, -0.15) is 0 Å². The standard InChI is InChI=1S/C21H32N2O3/c24-9-10-26-21-6-2-1-5-16(21)13-22-14-17-11-19(23-7-3-4-8-23)20(25)12-18(17)15-22/h1-2,5-6,17-20,24-25H,3-4,7-15H2/t17-,18+,19-,20-/m1/s1. The predicted molar refractivity (Wildman–Crippen MR) is 101 cm³/mol. The molecule has 2 aliphatic heterocycles. The second-order valence-corrected chi connectivity index (χ2v) is 8.24. The molecular weight excluding hydrogens is 328 g/mol. The highest BCUT2D eigenvalue weighted by Crippen LogP contribution is 2.39. The zero-order valence-electron chi connectivity index (χ0n) is 15.6. The fourth-order valence-corrected chi connectivity index (χ4v) is 5.27. The summed E-state index contributed by atoms with van der Waals surface area (Å²) in [7, 11) is 0. The molecule has 5 nitrogen and oxygen atoms in total. The lowest BCUT2D eigenvalue weighted by Crippen LogP contribution is -2.48. The molecule has 4 atom stereocenters. The first-order valence-electron chi connectivity index (χ1n) is 10.2. The third-order valence-electron chi connectivity index (χ3n) is 6.51. The first-order chi connectivity index (χ1) is 12.7. The summed E-state index contributed by atoms with van der Waals surface area (Å²) in [5, 5.41) is 19.7. The van der Waals surface area contributed by atoms with Gasteiger partial charge in [-0.1, -0.05) is 18.2 Å². The van der Waals surface area contributed by atoms with Crippen LogP contribution in [0, 0.1) is 11.8 Å². The molecule has 1 aromatic carbocycles. The van der Waals surface area contributed by atoms with E-state index >= 15 is 0 Å². The number of hydrogen-bond acceptors (Lipinski definition) is 5. The number of benzene rings is 1. The van der Waals surface area contributed by atoms with Crippen LogP contribution in [0.5, 0.6) is 5.75 Å². The highest BCUT2D eigenvalue weighted by atomic mass is 16.5. The Bertz CT molecular complexity index is 590. The molecule has 1 saturated carbocycles. The minimum atomic E-state index is -0.158. The molecule has 0 radical (unpaired) electrons. The van der Waals surface area contributed by atoms with Gasteiger partial charge in [0.1, 0.15) is 12.4 Å². The zero-order chi connectivity index (χ0) is 17.9. The van der Waals surface area contributed by atoms with Crippen LogP contribution < -0.4 is 4.74 Å². The number of fused-ring (bicyclic) bond motifs is 1. The summed E-state index contributed by atoms with van der Waals surface area (Å²) in [6.07, 6.45) is 4.51. The molecule has 2 saturated heterocycles. The van der Waals surface area contributed by atoms with E-state index in [9.17, 15) is 5.11 Å². The van der Waals surface area contributed by atoms with Crippen LogP contribution in [0.25, 0.3) is 0 Å². The summed E-state index contributed by atoms with van der Waals surface area (Å²) in [6, 6.07) is 8.52. The molecule has 3 fully saturated rings. The van der Waals surface area contributed by atoms with Crippen molar-refractivity contribution in [2.45, 2.75) is 44.4 Å². The number of aliphatic hydroxyl groups is 2. The van der Waals surface area contributed by atoms with Gasteiger partial charge in [-0.25, -0.2) is 0 Å². The average molecular weight is 360 g/mol. The van der Waals surface area contributed by atoms with Gasteiger partial charge in [-0.05, 0) is 56.7 Å². The van der Waals surface area contributed by atoms with Crippen LogP contribution in [0.2, 0.25) is 0 Å². The molecule has 2 N–H and O–H groups in total. The SMILES string of the molecule is OCCOc1ccccc1CN1C[C@H]2C[C@@H](N3CCCC3)[C@H](O)C[C@H]2C1. The van der Waals surface area contributed by atoms with Crippen molar-refractivity contribution in [3.63, 3.8) is 0 Å². The van der Waals surface area contributed by atoms with Crippen molar-refractivity contribution in [3.05, 3.63) is 29.8 Å². The van der Waals surface area contributed by atoms with E-state index in [-0.39, 0.29) is 12.7 Å². The van der Waals surface area contributed by atoms with Gasteiger partial charge in [0.2, 0.25) is 0 Å². The molecule has 0 unspecified atom stereocenters. The van der Waals surface area contributed by atoms with Gasteiger partial charge in [-0.15, -0.1) is 0 Å². The van der Waals surface area contributed by atoms with Gasteiger partial charge < -0.3 is 14.9 Å². The highest BCUT2D eigenvalue weighted by molar-refractivity contribution is 5.33. The largest absolute Gasteiger partial charge is 0.491 e. The summed E-state index contributed by atoms with van der Waals surface area (Å²) in [4.78, 5) is 5.05.